The molecule has 0 atom stereocenters. The van der Waals surface area contributed by atoms with Crippen LogP contribution in [0, 0.1) is 12.7 Å². The third-order valence-corrected chi connectivity index (χ3v) is 5.92. The van der Waals surface area contributed by atoms with E-state index in [2.05, 4.69) is 25.6 Å². The van der Waals surface area contributed by atoms with Crippen molar-refractivity contribution in [2.45, 2.75) is 11.8 Å². The summed E-state index contributed by atoms with van der Waals surface area (Å²) in [5.74, 6) is -0.536. The maximum Gasteiger partial charge on any atom is 0.261 e. The standard InChI is InChI=1S/C14H10BrFN2O2S2/c1-8-17-13-7-10(3-5-14(13)21-8)22(19,20)18-9-2-4-11(15)12(16)6-9/h2-7,18H,1H3. The van der Waals surface area contributed by atoms with Gasteiger partial charge in [0.2, 0.25) is 0 Å². The first-order valence-electron chi connectivity index (χ1n) is 6.20. The number of halogens is 2. The number of hydrogen-bond acceptors (Lipinski definition) is 4. The smallest absolute Gasteiger partial charge is 0.261 e. The molecule has 0 bridgehead atoms. The van der Waals surface area contributed by atoms with Crippen molar-refractivity contribution in [2.24, 2.45) is 0 Å². The number of rotatable bonds is 3. The van der Waals surface area contributed by atoms with Crippen molar-refractivity contribution >= 4 is 53.2 Å². The molecule has 1 aromatic heterocycles. The molecule has 0 saturated carbocycles. The number of aryl methyl sites for hydroxylation is 1. The fourth-order valence-corrected chi connectivity index (χ4v) is 4.09. The van der Waals surface area contributed by atoms with Crippen LogP contribution in [0.25, 0.3) is 10.2 Å². The molecule has 1 N–H and O–H groups in total. The Morgan fingerprint density at radius 1 is 1.23 bits per heavy atom. The monoisotopic (exact) mass is 400 g/mol. The molecule has 0 spiro atoms. The highest BCUT2D eigenvalue weighted by Gasteiger charge is 2.16. The second kappa shape index (κ2) is 5.60. The summed E-state index contributed by atoms with van der Waals surface area (Å²) in [5, 5.41) is 0.868. The summed E-state index contributed by atoms with van der Waals surface area (Å²) in [7, 11) is -3.79. The molecule has 0 fully saturated rings. The Bertz CT molecular complexity index is 970. The van der Waals surface area contributed by atoms with Gasteiger partial charge in [0, 0.05) is 0 Å². The number of nitrogens with one attached hydrogen (secondary N) is 1. The third-order valence-electron chi connectivity index (χ3n) is 2.95. The summed E-state index contributed by atoms with van der Waals surface area (Å²) in [6, 6.07) is 8.79. The molecule has 4 nitrogen and oxygen atoms in total. The van der Waals surface area contributed by atoms with Crippen LogP contribution in [0.3, 0.4) is 0 Å². The highest BCUT2D eigenvalue weighted by Crippen LogP contribution is 2.26. The molecule has 0 aliphatic rings. The molecule has 2 aromatic carbocycles. The van der Waals surface area contributed by atoms with Crippen molar-refractivity contribution in [2.75, 3.05) is 4.72 Å². The third kappa shape index (κ3) is 2.99. The molecule has 8 heteroatoms. The average molecular weight is 401 g/mol. The maximum atomic E-state index is 13.5. The van der Waals surface area contributed by atoms with E-state index in [1.807, 2.05) is 6.92 Å². The Balaban J connectivity index is 1.98. The molecule has 1 heterocycles. The fraction of sp³-hybridized carbons (Fsp3) is 0.0714. The second-order valence-electron chi connectivity index (χ2n) is 4.60. The number of fused-ring (bicyclic) bond motifs is 1. The van der Waals surface area contributed by atoms with Gasteiger partial charge in [-0.15, -0.1) is 11.3 Å². The molecule has 3 aromatic rings. The van der Waals surface area contributed by atoms with Gasteiger partial charge in [-0.1, -0.05) is 0 Å². The van der Waals surface area contributed by atoms with Gasteiger partial charge in [0.15, 0.2) is 0 Å². The molecule has 3 rings (SSSR count). The van der Waals surface area contributed by atoms with Crippen LogP contribution in [0.2, 0.25) is 0 Å². The predicted octanol–water partition coefficient (Wildman–Crippen LogP) is 4.31. The van der Waals surface area contributed by atoms with Crippen LogP contribution in [-0.4, -0.2) is 13.4 Å². The van der Waals surface area contributed by atoms with Crippen molar-refractivity contribution < 1.29 is 12.8 Å². The van der Waals surface area contributed by atoms with Crippen LogP contribution in [-0.2, 0) is 10.0 Å². The van der Waals surface area contributed by atoms with E-state index in [1.54, 1.807) is 6.07 Å². The van der Waals surface area contributed by atoms with Gasteiger partial charge in [-0.05, 0) is 59.3 Å². The predicted molar refractivity (Wildman–Crippen MR) is 89.3 cm³/mol. The number of benzene rings is 2. The van der Waals surface area contributed by atoms with E-state index in [9.17, 15) is 12.8 Å². The van der Waals surface area contributed by atoms with Crippen LogP contribution in [0.5, 0.6) is 0 Å². The van der Waals surface area contributed by atoms with E-state index in [-0.39, 0.29) is 15.1 Å². The van der Waals surface area contributed by atoms with Gasteiger partial charge in [-0.3, -0.25) is 4.72 Å². The van der Waals surface area contributed by atoms with Crippen molar-refractivity contribution in [3.8, 4) is 0 Å². The van der Waals surface area contributed by atoms with Crippen molar-refractivity contribution in [3.63, 3.8) is 0 Å². The molecule has 0 amide bonds. The first-order chi connectivity index (χ1) is 10.3. The highest BCUT2D eigenvalue weighted by molar-refractivity contribution is 9.10. The van der Waals surface area contributed by atoms with E-state index < -0.39 is 15.8 Å². The van der Waals surface area contributed by atoms with E-state index in [4.69, 9.17) is 0 Å². The number of thiazole rings is 1. The largest absolute Gasteiger partial charge is 0.280 e. The van der Waals surface area contributed by atoms with Crippen molar-refractivity contribution in [3.05, 3.63) is 51.7 Å². The molecule has 0 radical (unpaired) electrons. The summed E-state index contributed by atoms with van der Waals surface area (Å²) in [6.45, 7) is 1.86. The summed E-state index contributed by atoms with van der Waals surface area (Å²) in [6.07, 6.45) is 0. The number of nitrogens with zero attached hydrogens (tertiary/aromatic N) is 1. The maximum absolute atomic E-state index is 13.5. The summed E-state index contributed by atoms with van der Waals surface area (Å²) in [5.41, 5.74) is 0.794. The zero-order valence-electron chi connectivity index (χ0n) is 11.3. The topological polar surface area (TPSA) is 59.1 Å². The number of aromatic nitrogens is 1. The Morgan fingerprint density at radius 3 is 2.73 bits per heavy atom. The summed E-state index contributed by atoms with van der Waals surface area (Å²) < 4.78 is 41.8. The van der Waals surface area contributed by atoms with Crippen molar-refractivity contribution in [1.82, 2.24) is 4.98 Å². The van der Waals surface area contributed by atoms with Gasteiger partial charge in [-0.2, -0.15) is 0 Å². The molecule has 114 valence electrons. The van der Waals surface area contributed by atoms with E-state index in [1.165, 1.54) is 35.6 Å². The van der Waals surface area contributed by atoms with Crippen molar-refractivity contribution in [1.29, 1.82) is 0 Å². The number of sulfonamides is 1. The van der Waals surface area contributed by atoms with Gasteiger partial charge in [-0.25, -0.2) is 17.8 Å². The minimum absolute atomic E-state index is 0.0913. The van der Waals surface area contributed by atoms with Crippen LogP contribution >= 0.6 is 27.3 Å². The SMILES string of the molecule is Cc1nc2cc(S(=O)(=O)Nc3ccc(Br)c(F)c3)ccc2s1. The fourth-order valence-electron chi connectivity index (χ4n) is 1.96. The first-order valence-corrected chi connectivity index (χ1v) is 9.29. The Morgan fingerprint density at radius 2 is 2.00 bits per heavy atom. The highest BCUT2D eigenvalue weighted by atomic mass is 79.9. The Labute approximate surface area is 139 Å². The zero-order chi connectivity index (χ0) is 15.9. The molecule has 0 unspecified atom stereocenters. The molecule has 22 heavy (non-hydrogen) atoms. The van der Waals surface area contributed by atoms with Gasteiger partial charge in [0.05, 0.1) is 30.3 Å². The lowest BCUT2D eigenvalue weighted by Gasteiger charge is -2.08. The van der Waals surface area contributed by atoms with Crippen LogP contribution in [0.4, 0.5) is 10.1 Å². The minimum Gasteiger partial charge on any atom is -0.280 e. The van der Waals surface area contributed by atoms with E-state index >= 15 is 0 Å². The molecule has 0 aliphatic carbocycles. The molecular formula is C14H10BrFN2O2S2. The first kappa shape index (κ1) is 15.4. The minimum atomic E-state index is -3.79. The Hall–Kier alpha value is -1.51. The quantitative estimate of drug-likeness (QED) is 0.712. The normalized spacial score (nSPS) is 11.8. The summed E-state index contributed by atoms with van der Waals surface area (Å²) in [4.78, 5) is 4.37. The lowest BCUT2D eigenvalue weighted by atomic mass is 10.3. The van der Waals surface area contributed by atoms with E-state index in [0.717, 1.165) is 15.8 Å². The Kier molecular flexibility index (Phi) is 3.92. The van der Waals surface area contributed by atoms with Crippen LogP contribution in [0.15, 0.2) is 45.8 Å². The lowest BCUT2D eigenvalue weighted by Crippen LogP contribution is -2.13. The van der Waals surface area contributed by atoms with E-state index in [0.29, 0.717) is 5.52 Å². The molecule has 0 saturated heterocycles. The molecule has 0 aliphatic heterocycles. The number of anilines is 1. The van der Waals surface area contributed by atoms with Gasteiger partial charge in [0.1, 0.15) is 5.82 Å². The van der Waals surface area contributed by atoms with Crippen LogP contribution in [0.1, 0.15) is 5.01 Å². The lowest BCUT2D eigenvalue weighted by molar-refractivity contribution is 0.601. The van der Waals surface area contributed by atoms with Gasteiger partial charge >= 0.3 is 0 Å². The molecular weight excluding hydrogens is 391 g/mol. The number of hydrogen-bond donors (Lipinski definition) is 1. The zero-order valence-corrected chi connectivity index (χ0v) is 14.5. The summed E-state index contributed by atoms with van der Waals surface area (Å²) >= 11 is 4.52. The second-order valence-corrected chi connectivity index (χ2v) is 8.37. The van der Waals surface area contributed by atoms with Gasteiger partial charge in [0.25, 0.3) is 10.0 Å². The average Bonchev–Trinajstić information content (AvgIpc) is 2.81. The van der Waals surface area contributed by atoms with Crippen LogP contribution < -0.4 is 4.72 Å². The van der Waals surface area contributed by atoms with Gasteiger partial charge < -0.3 is 0 Å².